The second-order valence-corrected chi connectivity index (χ2v) is 11.1. The minimum absolute atomic E-state index is 0.0149. The van der Waals surface area contributed by atoms with Gasteiger partial charge in [-0.05, 0) is 26.2 Å². The van der Waals surface area contributed by atoms with Gasteiger partial charge in [-0.3, -0.25) is 14.4 Å². The Bertz CT molecular complexity index is 666. The minimum atomic E-state index is -0.662. The molecule has 3 rings (SSSR count). The fraction of sp³-hybridized carbons (Fsp3) is 0.850. The lowest BCUT2D eigenvalue weighted by atomic mass is 9.70. The molecule has 2 bridgehead atoms. The highest BCUT2D eigenvalue weighted by Gasteiger charge is 2.75. The summed E-state index contributed by atoms with van der Waals surface area (Å²) in [6.07, 6.45) is 3.31. The maximum atomic E-state index is 13.4. The minimum Gasteiger partial charge on any atom is -0.395 e. The van der Waals surface area contributed by atoms with Gasteiger partial charge in [0.05, 0.1) is 23.2 Å². The van der Waals surface area contributed by atoms with Crippen LogP contribution in [0.5, 0.6) is 0 Å². The first kappa shape index (κ1) is 22.9. The molecule has 0 saturated carbocycles. The van der Waals surface area contributed by atoms with Crippen LogP contribution in [0, 0.1) is 11.8 Å². The number of halogens is 1. The van der Waals surface area contributed by atoms with E-state index in [2.05, 4.69) is 33.5 Å². The molecule has 9 heteroatoms. The van der Waals surface area contributed by atoms with Gasteiger partial charge in [-0.25, -0.2) is 0 Å². The van der Waals surface area contributed by atoms with Gasteiger partial charge in [0, 0.05) is 29.2 Å². The van der Waals surface area contributed by atoms with Gasteiger partial charge in [-0.1, -0.05) is 36.2 Å². The van der Waals surface area contributed by atoms with Crippen LogP contribution in [0.25, 0.3) is 0 Å². The van der Waals surface area contributed by atoms with Crippen LogP contribution in [0.3, 0.4) is 0 Å². The summed E-state index contributed by atoms with van der Waals surface area (Å²) in [5, 5.41) is 15.6. The maximum absolute atomic E-state index is 13.4. The van der Waals surface area contributed by atoms with Crippen molar-refractivity contribution in [3.05, 3.63) is 0 Å². The van der Waals surface area contributed by atoms with Crippen LogP contribution in [-0.4, -0.2) is 74.3 Å². The lowest BCUT2D eigenvalue weighted by Gasteiger charge is -2.35. The standard InChI is InChI=1S/C20H32BrN3O4S/c1-4-6-11(3)23-18(27)16-20-10-12(21)15(29-20)13(17(26)22-7-5-2)14(20)19(28)24(16)8-9-25/h11-16,25H,4-10H2,1-3H3,(H,22,26)(H,23,27)/t11?,12?,13-,14-,15-,16?,20?/m0/s1. The summed E-state index contributed by atoms with van der Waals surface area (Å²) >= 11 is 5.35. The number of aliphatic hydroxyl groups excluding tert-OH is 1. The Morgan fingerprint density at radius 2 is 2.07 bits per heavy atom. The molecular formula is C20H32BrN3O4S. The first-order valence-electron chi connectivity index (χ1n) is 10.6. The summed E-state index contributed by atoms with van der Waals surface area (Å²) in [6, 6.07) is -0.647. The quantitative estimate of drug-likeness (QED) is 0.423. The summed E-state index contributed by atoms with van der Waals surface area (Å²) < 4.78 is -0.630. The third-order valence-electron chi connectivity index (χ3n) is 6.34. The number of nitrogens with one attached hydrogen (secondary N) is 2. The van der Waals surface area contributed by atoms with Crippen molar-refractivity contribution in [3.63, 3.8) is 0 Å². The molecule has 4 unspecified atom stereocenters. The van der Waals surface area contributed by atoms with Crippen molar-refractivity contribution >= 4 is 45.4 Å². The molecule has 7 nitrogen and oxygen atoms in total. The molecule has 0 aromatic carbocycles. The van der Waals surface area contributed by atoms with Crippen molar-refractivity contribution in [2.45, 2.75) is 73.4 Å². The van der Waals surface area contributed by atoms with Gasteiger partial charge in [-0.15, -0.1) is 11.8 Å². The lowest BCUT2D eigenvalue weighted by molar-refractivity contribution is -0.140. The average molecular weight is 490 g/mol. The SMILES string of the molecule is CCCNC(=O)[C@H]1[C@H]2C(=O)N(CCO)C(C(=O)NC(C)CCC)C23CC(Br)[C@@H]1S3. The fourth-order valence-corrected chi connectivity index (χ4v) is 8.88. The monoisotopic (exact) mass is 489 g/mol. The number of carbonyl (C=O) groups excluding carboxylic acids is 3. The number of thioether (sulfide) groups is 1. The van der Waals surface area contributed by atoms with Crippen LogP contribution in [0.1, 0.15) is 46.5 Å². The number of alkyl halides is 1. The molecule has 3 heterocycles. The van der Waals surface area contributed by atoms with E-state index in [1.54, 1.807) is 11.8 Å². The van der Waals surface area contributed by atoms with Crippen LogP contribution in [0.15, 0.2) is 0 Å². The molecule has 3 saturated heterocycles. The average Bonchev–Trinajstić information content (AvgIpc) is 3.24. The third kappa shape index (κ3) is 3.82. The zero-order valence-corrected chi connectivity index (χ0v) is 19.7. The number of likely N-dealkylation sites (tertiary alicyclic amines) is 1. The van der Waals surface area contributed by atoms with Gasteiger partial charge in [0.15, 0.2) is 0 Å². The topological polar surface area (TPSA) is 98.7 Å². The number of β-amino-alcohol motifs (C(OH)–C–C–N with tert-alkyl or cyclic N) is 1. The second-order valence-electron chi connectivity index (χ2n) is 8.41. The zero-order valence-electron chi connectivity index (χ0n) is 17.3. The van der Waals surface area contributed by atoms with E-state index >= 15 is 0 Å². The van der Waals surface area contributed by atoms with E-state index < -0.39 is 22.6 Å². The molecular weight excluding hydrogens is 458 g/mol. The molecule has 3 amide bonds. The summed E-state index contributed by atoms with van der Waals surface area (Å²) in [5.74, 6) is -1.42. The molecule has 3 fully saturated rings. The predicted octanol–water partition coefficient (Wildman–Crippen LogP) is 1.27. The van der Waals surface area contributed by atoms with Gasteiger partial charge >= 0.3 is 0 Å². The van der Waals surface area contributed by atoms with Crippen LogP contribution in [-0.2, 0) is 14.4 Å². The first-order chi connectivity index (χ1) is 13.8. The predicted molar refractivity (Wildman–Crippen MR) is 117 cm³/mol. The van der Waals surface area contributed by atoms with Gasteiger partial charge < -0.3 is 20.6 Å². The largest absolute Gasteiger partial charge is 0.395 e. The summed E-state index contributed by atoms with van der Waals surface area (Å²) in [4.78, 5) is 41.3. The number of hydrogen-bond donors (Lipinski definition) is 3. The molecule has 0 aliphatic carbocycles. The molecule has 0 aromatic heterocycles. The van der Waals surface area contributed by atoms with Gasteiger partial charge in [0.25, 0.3) is 0 Å². The number of hydrogen-bond acceptors (Lipinski definition) is 5. The summed E-state index contributed by atoms with van der Waals surface area (Å²) in [6.45, 7) is 6.51. The van der Waals surface area contributed by atoms with Crippen molar-refractivity contribution in [2.75, 3.05) is 19.7 Å². The Morgan fingerprint density at radius 1 is 1.34 bits per heavy atom. The molecule has 3 aliphatic rings. The first-order valence-corrected chi connectivity index (χ1v) is 12.4. The highest BCUT2D eigenvalue weighted by atomic mass is 79.9. The number of carbonyl (C=O) groups is 3. The van der Waals surface area contributed by atoms with Crippen molar-refractivity contribution < 1.29 is 19.5 Å². The van der Waals surface area contributed by atoms with Gasteiger partial charge in [0.2, 0.25) is 17.7 Å². The van der Waals surface area contributed by atoms with E-state index in [4.69, 9.17) is 0 Å². The van der Waals surface area contributed by atoms with Crippen LogP contribution >= 0.6 is 27.7 Å². The van der Waals surface area contributed by atoms with E-state index in [0.717, 1.165) is 19.3 Å². The Kier molecular flexibility index (Phi) is 7.21. The van der Waals surface area contributed by atoms with Crippen LogP contribution in [0.2, 0.25) is 0 Å². The number of aliphatic hydroxyl groups is 1. The molecule has 3 aliphatic heterocycles. The Labute approximate surface area is 185 Å². The van der Waals surface area contributed by atoms with E-state index in [1.165, 1.54) is 4.90 Å². The van der Waals surface area contributed by atoms with Crippen molar-refractivity contribution in [1.29, 1.82) is 0 Å². The number of amides is 3. The number of nitrogens with zero attached hydrogens (tertiary/aromatic N) is 1. The van der Waals surface area contributed by atoms with Gasteiger partial charge in [-0.2, -0.15) is 0 Å². The smallest absolute Gasteiger partial charge is 0.244 e. The number of rotatable bonds is 9. The van der Waals surface area contributed by atoms with Crippen LogP contribution in [0.4, 0.5) is 0 Å². The molecule has 29 heavy (non-hydrogen) atoms. The molecule has 0 aromatic rings. The highest BCUT2D eigenvalue weighted by molar-refractivity contribution is 9.09. The molecule has 7 atom stereocenters. The fourth-order valence-electron chi connectivity index (χ4n) is 5.27. The molecule has 1 spiro atoms. The maximum Gasteiger partial charge on any atom is 0.244 e. The van der Waals surface area contributed by atoms with E-state index in [-0.39, 0.29) is 47.0 Å². The Balaban J connectivity index is 1.94. The third-order valence-corrected chi connectivity index (χ3v) is 9.56. The lowest BCUT2D eigenvalue weighted by Crippen LogP contribution is -2.56. The van der Waals surface area contributed by atoms with Crippen molar-refractivity contribution in [3.8, 4) is 0 Å². The van der Waals surface area contributed by atoms with E-state index in [9.17, 15) is 19.5 Å². The molecule has 3 N–H and O–H groups in total. The zero-order chi connectivity index (χ0) is 21.3. The Hall–Kier alpha value is -0.800. The molecule has 164 valence electrons. The number of fused-ring (bicyclic) bond motifs is 1. The van der Waals surface area contributed by atoms with Crippen molar-refractivity contribution in [1.82, 2.24) is 15.5 Å². The summed E-state index contributed by atoms with van der Waals surface area (Å²) in [5.41, 5.74) is 0. The summed E-state index contributed by atoms with van der Waals surface area (Å²) in [7, 11) is 0. The van der Waals surface area contributed by atoms with Gasteiger partial charge in [0.1, 0.15) is 6.04 Å². The molecule has 0 radical (unpaired) electrons. The van der Waals surface area contributed by atoms with E-state index in [1.807, 2.05) is 13.8 Å². The normalized spacial score (nSPS) is 36.2. The van der Waals surface area contributed by atoms with E-state index in [0.29, 0.717) is 13.0 Å². The van der Waals surface area contributed by atoms with Crippen molar-refractivity contribution in [2.24, 2.45) is 11.8 Å². The highest BCUT2D eigenvalue weighted by Crippen LogP contribution is 2.67. The van der Waals surface area contributed by atoms with Crippen LogP contribution < -0.4 is 10.6 Å². The Morgan fingerprint density at radius 3 is 2.69 bits per heavy atom. The second kappa shape index (κ2) is 9.14.